The quantitative estimate of drug-likeness (QED) is 0.779. The molecule has 114 valence electrons. The lowest BCUT2D eigenvalue weighted by Crippen LogP contribution is -2.38. The number of nitrogens with zero attached hydrogens (tertiary/aromatic N) is 1. The van der Waals surface area contributed by atoms with Gasteiger partial charge in [0.15, 0.2) is 0 Å². The lowest BCUT2D eigenvalue weighted by Gasteiger charge is -2.31. The molecule has 4 heteroatoms. The molecule has 0 aromatic carbocycles. The van der Waals surface area contributed by atoms with Crippen LogP contribution in [0.3, 0.4) is 0 Å². The van der Waals surface area contributed by atoms with Crippen LogP contribution in [0.2, 0.25) is 0 Å². The summed E-state index contributed by atoms with van der Waals surface area (Å²) < 4.78 is 11.4. The summed E-state index contributed by atoms with van der Waals surface area (Å²) in [5, 5.41) is 3.43. The summed E-state index contributed by atoms with van der Waals surface area (Å²) in [4.78, 5) is 2.43. The summed E-state index contributed by atoms with van der Waals surface area (Å²) in [6, 6.07) is 2.20. The Labute approximate surface area is 122 Å². The Hall–Kier alpha value is -0.840. The zero-order chi connectivity index (χ0) is 14.4. The predicted molar refractivity (Wildman–Crippen MR) is 80.8 cm³/mol. The standard InChI is InChI=1S/C16H28N2O2/c1-4-7-17-10-14-9-16(20-13(14)2)12-18-8-5-6-15(11-18)19-3/h9,15,17H,4-8,10-12H2,1-3H3. The van der Waals surface area contributed by atoms with Gasteiger partial charge in [-0.25, -0.2) is 0 Å². The third-order valence-corrected chi connectivity index (χ3v) is 3.99. The first kappa shape index (κ1) is 15.5. The zero-order valence-corrected chi connectivity index (χ0v) is 13.1. The normalized spacial score (nSPS) is 20.4. The Bertz CT molecular complexity index is 403. The van der Waals surface area contributed by atoms with Crippen LogP contribution in [0.25, 0.3) is 0 Å². The molecule has 1 unspecified atom stereocenters. The van der Waals surface area contributed by atoms with Crippen LogP contribution in [0.5, 0.6) is 0 Å². The molecule has 0 aliphatic carbocycles. The van der Waals surface area contributed by atoms with Gasteiger partial charge in [-0.2, -0.15) is 0 Å². The molecule has 20 heavy (non-hydrogen) atoms. The molecule has 1 N–H and O–H groups in total. The number of ether oxygens (including phenoxy) is 1. The van der Waals surface area contributed by atoms with Crippen LogP contribution < -0.4 is 5.32 Å². The third-order valence-electron chi connectivity index (χ3n) is 3.99. The minimum Gasteiger partial charge on any atom is -0.465 e. The van der Waals surface area contributed by atoms with Crippen molar-refractivity contribution in [2.75, 3.05) is 26.7 Å². The van der Waals surface area contributed by atoms with E-state index in [0.717, 1.165) is 50.7 Å². The lowest BCUT2D eigenvalue weighted by molar-refractivity contribution is 0.0263. The first-order valence-electron chi connectivity index (χ1n) is 7.77. The van der Waals surface area contributed by atoms with E-state index in [4.69, 9.17) is 9.15 Å². The van der Waals surface area contributed by atoms with Crippen molar-refractivity contribution < 1.29 is 9.15 Å². The van der Waals surface area contributed by atoms with E-state index in [9.17, 15) is 0 Å². The number of nitrogens with one attached hydrogen (secondary N) is 1. The highest BCUT2D eigenvalue weighted by molar-refractivity contribution is 5.20. The van der Waals surface area contributed by atoms with Gasteiger partial charge in [-0.1, -0.05) is 6.92 Å². The van der Waals surface area contributed by atoms with Crippen LogP contribution >= 0.6 is 0 Å². The maximum atomic E-state index is 5.89. The van der Waals surface area contributed by atoms with E-state index in [1.54, 1.807) is 0 Å². The summed E-state index contributed by atoms with van der Waals surface area (Å²) >= 11 is 0. The van der Waals surface area contributed by atoms with Gasteiger partial charge >= 0.3 is 0 Å². The molecule has 1 aromatic rings. The topological polar surface area (TPSA) is 37.6 Å². The lowest BCUT2D eigenvalue weighted by atomic mass is 10.1. The molecule has 2 rings (SSSR count). The molecule has 0 spiro atoms. The summed E-state index contributed by atoms with van der Waals surface area (Å²) in [6.45, 7) is 9.26. The summed E-state index contributed by atoms with van der Waals surface area (Å²) in [7, 11) is 1.81. The van der Waals surface area contributed by atoms with E-state index >= 15 is 0 Å². The number of piperidine rings is 1. The smallest absolute Gasteiger partial charge is 0.118 e. The minimum atomic E-state index is 0.380. The van der Waals surface area contributed by atoms with Gasteiger partial charge in [0.05, 0.1) is 12.6 Å². The van der Waals surface area contributed by atoms with Gasteiger partial charge in [-0.15, -0.1) is 0 Å². The van der Waals surface area contributed by atoms with Gasteiger partial charge < -0.3 is 14.5 Å². The number of rotatable bonds is 7. The molecule has 0 bridgehead atoms. The molecular formula is C16H28N2O2. The summed E-state index contributed by atoms with van der Waals surface area (Å²) in [5.74, 6) is 2.12. The van der Waals surface area contributed by atoms with Crippen LogP contribution in [0.15, 0.2) is 10.5 Å². The number of aryl methyl sites for hydroxylation is 1. The Kier molecular flexibility index (Phi) is 6.07. The fourth-order valence-electron chi connectivity index (χ4n) is 2.81. The largest absolute Gasteiger partial charge is 0.465 e. The van der Waals surface area contributed by atoms with Crippen molar-refractivity contribution in [3.8, 4) is 0 Å². The fraction of sp³-hybridized carbons (Fsp3) is 0.750. The summed E-state index contributed by atoms with van der Waals surface area (Å²) in [6.07, 6.45) is 3.93. The molecule has 4 nitrogen and oxygen atoms in total. The van der Waals surface area contributed by atoms with Crippen LogP contribution in [0, 0.1) is 6.92 Å². The maximum absolute atomic E-state index is 5.89. The predicted octanol–water partition coefficient (Wildman–Crippen LogP) is 2.70. The highest BCUT2D eigenvalue weighted by Crippen LogP contribution is 2.19. The Morgan fingerprint density at radius 3 is 3.10 bits per heavy atom. The Morgan fingerprint density at radius 2 is 2.35 bits per heavy atom. The van der Waals surface area contributed by atoms with Crippen molar-refractivity contribution in [3.63, 3.8) is 0 Å². The molecule has 0 saturated carbocycles. The minimum absolute atomic E-state index is 0.380. The number of hydrogen-bond donors (Lipinski definition) is 1. The molecule has 1 aliphatic rings. The van der Waals surface area contributed by atoms with Crippen molar-refractivity contribution in [2.45, 2.75) is 52.3 Å². The van der Waals surface area contributed by atoms with Gasteiger partial charge in [-0.3, -0.25) is 4.90 Å². The third kappa shape index (κ3) is 4.33. The van der Waals surface area contributed by atoms with E-state index in [-0.39, 0.29) is 0 Å². The molecule has 1 saturated heterocycles. The zero-order valence-electron chi connectivity index (χ0n) is 13.1. The highest BCUT2D eigenvalue weighted by Gasteiger charge is 2.20. The van der Waals surface area contributed by atoms with Gasteiger partial charge in [-0.05, 0) is 45.3 Å². The number of likely N-dealkylation sites (tertiary alicyclic amines) is 1. The van der Waals surface area contributed by atoms with Gasteiger partial charge in [0.25, 0.3) is 0 Å². The van der Waals surface area contributed by atoms with E-state index in [1.165, 1.54) is 18.4 Å². The van der Waals surface area contributed by atoms with Gasteiger partial charge in [0.1, 0.15) is 11.5 Å². The second-order valence-corrected chi connectivity index (χ2v) is 5.71. The van der Waals surface area contributed by atoms with Gasteiger partial charge in [0.2, 0.25) is 0 Å². The van der Waals surface area contributed by atoms with Crippen molar-refractivity contribution in [1.29, 1.82) is 0 Å². The van der Waals surface area contributed by atoms with Gasteiger partial charge in [0, 0.05) is 25.8 Å². The molecular weight excluding hydrogens is 252 g/mol. The maximum Gasteiger partial charge on any atom is 0.118 e. The number of furan rings is 1. The van der Waals surface area contributed by atoms with Crippen LogP contribution in [0.1, 0.15) is 43.3 Å². The van der Waals surface area contributed by atoms with Crippen molar-refractivity contribution in [1.82, 2.24) is 10.2 Å². The van der Waals surface area contributed by atoms with E-state index in [2.05, 4.69) is 30.1 Å². The van der Waals surface area contributed by atoms with Crippen LogP contribution in [0.4, 0.5) is 0 Å². The monoisotopic (exact) mass is 280 g/mol. The van der Waals surface area contributed by atoms with E-state index in [1.807, 2.05) is 7.11 Å². The Balaban J connectivity index is 1.87. The molecule has 2 heterocycles. The van der Waals surface area contributed by atoms with Crippen molar-refractivity contribution in [3.05, 3.63) is 23.2 Å². The number of hydrogen-bond acceptors (Lipinski definition) is 4. The SMILES string of the molecule is CCCNCc1cc(CN2CCCC(OC)C2)oc1C. The highest BCUT2D eigenvalue weighted by atomic mass is 16.5. The molecule has 1 aliphatic heterocycles. The average molecular weight is 280 g/mol. The number of methoxy groups -OCH3 is 1. The van der Waals surface area contributed by atoms with Crippen molar-refractivity contribution >= 4 is 0 Å². The molecule has 1 atom stereocenters. The molecule has 0 amide bonds. The van der Waals surface area contributed by atoms with Crippen molar-refractivity contribution in [2.24, 2.45) is 0 Å². The van der Waals surface area contributed by atoms with Crippen LogP contribution in [-0.2, 0) is 17.8 Å². The molecule has 1 fully saturated rings. The first-order valence-corrected chi connectivity index (χ1v) is 7.77. The van der Waals surface area contributed by atoms with E-state index in [0.29, 0.717) is 6.10 Å². The molecule has 0 radical (unpaired) electrons. The molecule has 1 aromatic heterocycles. The second kappa shape index (κ2) is 7.81. The first-order chi connectivity index (χ1) is 9.72. The summed E-state index contributed by atoms with van der Waals surface area (Å²) in [5.41, 5.74) is 1.29. The van der Waals surface area contributed by atoms with E-state index < -0.39 is 0 Å². The fourth-order valence-corrected chi connectivity index (χ4v) is 2.81. The average Bonchev–Trinajstić information content (AvgIpc) is 2.79. The van der Waals surface area contributed by atoms with Crippen LogP contribution in [-0.4, -0.2) is 37.7 Å². The second-order valence-electron chi connectivity index (χ2n) is 5.71. The Morgan fingerprint density at radius 1 is 1.50 bits per heavy atom.